The van der Waals surface area contributed by atoms with Crippen LogP contribution < -0.4 is 14.5 Å². The number of hydrogen-bond acceptors (Lipinski definition) is 12. The molecule has 4 bridgehead atoms. The summed E-state index contributed by atoms with van der Waals surface area (Å²) in [7, 11) is 2.89. The Hall–Kier alpha value is -5.33. The van der Waals surface area contributed by atoms with Gasteiger partial charge in [0, 0.05) is 55.0 Å². The number of methoxy groups -OCH3 is 2. The van der Waals surface area contributed by atoms with Crippen molar-refractivity contribution in [2.24, 2.45) is 11.8 Å². The summed E-state index contributed by atoms with van der Waals surface area (Å²) in [5.41, 5.74) is 3.68. The van der Waals surface area contributed by atoms with Crippen LogP contribution in [0.25, 0.3) is 0 Å². The number of anilines is 2. The molecule has 0 aliphatic carbocycles. The van der Waals surface area contributed by atoms with Crippen LogP contribution in [0.3, 0.4) is 0 Å². The molecule has 6 saturated heterocycles. The number of benzene rings is 3. The molecule has 10 heterocycles. The number of esters is 3. The molecule has 1 N–H and O–H groups in total. The predicted octanol–water partition coefficient (Wildman–Crippen LogP) is 4.75. The summed E-state index contributed by atoms with van der Waals surface area (Å²) in [6.07, 6.45) is 6.83. The van der Waals surface area contributed by atoms with Crippen LogP contribution in [0.2, 0.25) is 0 Å². The largest absolute Gasteiger partial charge is 0.504 e. The fraction of sp³-hybridized carbons (Fsp3) is 0.468. The Kier molecular flexibility index (Phi) is 6.37. The molecule has 0 unspecified atom stereocenters. The van der Waals surface area contributed by atoms with Crippen molar-refractivity contribution >= 4 is 29.3 Å². The number of phenols is 1. The van der Waals surface area contributed by atoms with Gasteiger partial charge in [-0.25, -0.2) is 14.4 Å². The molecule has 0 aromatic heterocycles. The van der Waals surface area contributed by atoms with E-state index < -0.39 is 40.3 Å². The molecular weight excluding hydrogens is 749 g/mol. The van der Waals surface area contributed by atoms with Crippen molar-refractivity contribution in [2.45, 2.75) is 86.0 Å². The van der Waals surface area contributed by atoms with Crippen LogP contribution in [0.15, 0.2) is 77.9 Å². The van der Waals surface area contributed by atoms with Crippen molar-refractivity contribution in [2.75, 3.05) is 50.2 Å². The quantitative estimate of drug-likeness (QED) is 0.219. The summed E-state index contributed by atoms with van der Waals surface area (Å²) < 4.78 is 25.8. The van der Waals surface area contributed by atoms with Gasteiger partial charge in [-0.15, -0.1) is 0 Å². The van der Waals surface area contributed by atoms with E-state index in [9.17, 15) is 14.7 Å². The Morgan fingerprint density at radius 1 is 0.729 bits per heavy atom. The highest BCUT2D eigenvalue weighted by molar-refractivity contribution is 6.02. The second kappa shape index (κ2) is 10.9. The smallest absolute Gasteiger partial charge is 0.344 e. The monoisotopic (exact) mass is 794 g/mol. The van der Waals surface area contributed by atoms with E-state index >= 15 is 4.79 Å². The number of para-hydroxylation sites is 2. The van der Waals surface area contributed by atoms with E-state index in [0.29, 0.717) is 44.3 Å². The summed E-state index contributed by atoms with van der Waals surface area (Å²) in [5, 5.41) is 12.9. The van der Waals surface area contributed by atoms with Gasteiger partial charge in [-0.1, -0.05) is 59.7 Å². The number of aromatic hydroxyl groups is 1. The third kappa shape index (κ3) is 3.36. The lowest BCUT2D eigenvalue weighted by atomic mass is 9.54. The normalized spacial score (nSPS) is 39.6. The minimum absolute atomic E-state index is 0.0910. The van der Waals surface area contributed by atoms with Crippen molar-refractivity contribution in [3.63, 3.8) is 0 Å². The van der Waals surface area contributed by atoms with E-state index in [2.05, 4.69) is 69.0 Å². The van der Waals surface area contributed by atoms with Gasteiger partial charge < -0.3 is 33.9 Å². The van der Waals surface area contributed by atoms with Gasteiger partial charge in [0.2, 0.25) is 11.4 Å². The number of allylic oxidation sites excluding steroid dienone is 2. The number of hydrogen-bond donors (Lipinski definition) is 1. The maximum Gasteiger partial charge on any atom is 0.344 e. The van der Waals surface area contributed by atoms with Crippen molar-refractivity contribution in [3.05, 3.63) is 106 Å². The number of carbonyl (C=O) groups is 3. The lowest BCUT2D eigenvalue weighted by Gasteiger charge is -2.67. The Morgan fingerprint density at radius 2 is 1.22 bits per heavy atom. The fourth-order valence-electron chi connectivity index (χ4n) is 15.1. The maximum atomic E-state index is 15.2. The van der Waals surface area contributed by atoms with Crippen molar-refractivity contribution in [3.8, 4) is 11.5 Å². The van der Waals surface area contributed by atoms with E-state index in [1.165, 1.54) is 25.4 Å². The Bertz CT molecular complexity index is 2570. The van der Waals surface area contributed by atoms with Crippen LogP contribution in [-0.4, -0.2) is 109 Å². The Morgan fingerprint density at radius 3 is 1.73 bits per heavy atom. The van der Waals surface area contributed by atoms with Gasteiger partial charge in [-0.3, -0.25) is 9.80 Å². The average molecular weight is 795 g/mol. The average Bonchev–Trinajstić information content (AvgIpc) is 3.81. The highest BCUT2D eigenvalue weighted by Gasteiger charge is 2.82. The van der Waals surface area contributed by atoms with E-state index in [1.54, 1.807) is 0 Å². The molecule has 3 aromatic rings. The number of piperidine rings is 6. The van der Waals surface area contributed by atoms with Crippen LogP contribution in [0.4, 0.5) is 11.4 Å². The predicted molar refractivity (Wildman–Crippen MR) is 214 cm³/mol. The van der Waals surface area contributed by atoms with Crippen molar-refractivity contribution in [1.82, 2.24) is 9.80 Å². The third-order valence-electron chi connectivity index (χ3n) is 17.0. The van der Waals surface area contributed by atoms with E-state index in [1.807, 2.05) is 31.2 Å². The molecule has 59 heavy (non-hydrogen) atoms. The molecule has 12 heteroatoms. The first-order valence-corrected chi connectivity index (χ1v) is 21.2. The van der Waals surface area contributed by atoms with Gasteiger partial charge in [0.15, 0.2) is 11.5 Å². The number of rotatable bonds is 2. The number of carbonyl (C=O) groups excluding carboxylic acids is 3. The number of nitrogens with zero attached hydrogens (tertiary/aromatic N) is 4. The lowest BCUT2D eigenvalue weighted by molar-refractivity contribution is -0.174. The van der Waals surface area contributed by atoms with Crippen molar-refractivity contribution in [1.29, 1.82) is 0 Å². The lowest BCUT2D eigenvalue weighted by Crippen LogP contribution is -2.82. The van der Waals surface area contributed by atoms with Crippen LogP contribution in [-0.2, 0) is 34.6 Å². The second-order valence-electron chi connectivity index (χ2n) is 18.3. The second-order valence-corrected chi connectivity index (χ2v) is 18.3. The minimum atomic E-state index is -1.30. The van der Waals surface area contributed by atoms with Gasteiger partial charge in [0.05, 0.1) is 37.1 Å². The fourth-order valence-corrected chi connectivity index (χ4v) is 15.1. The third-order valence-corrected chi connectivity index (χ3v) is 17.0. The molecule has 2 spiro atoms. The molecule has 302 valence electrons. The molecule has 10 atom stereocenters. The van der Waals surface area contributed by atoms with Crippen LogP contribution in [0.1, 0.15) is 72.1 Å². The molecule has 0 saturated carbocycles. The molecular formula is C47H46N4O8. The van der Waals surface area contributed by atoms with Crippen molar-refractivity contribution < 1.29 is 38.4 Å². The molecule has 0 amide bonds. The molecule has 10 aliphatic rings. The summed E-state index contributed by atoms with van der Waals surface area (Å²) in [6.45, 7) is 6.98. The summed E-state index contributed by atoms with van der Waals surface area (Å²) in [6, 6.07) is 16.9. The number of ether oxygens (including phenoxy) is 4. The summed E-state index contributed by atoms with van der Waals surface area (Å²) >= 11 is 0. The molecule has 13 rings (SSSR count). The molecule has 10 aliphatic heterocycles. The molecule has 0 radical (unpaired) electrons. The first-order chi connectivity index (χ1) is 28.7. The molecule has 6 fully saturated rings. The summed E-state index contributed by atoms with van der Waals surface area (Å²) in [5.74, 6) is -1.49. The van der Waals surface area contributed by atoms with Gasteiger partial charge in [0.1, 0.15) is 17.6 Å². The van der Waals surface area contributed by atoms with E-state index in [4.69, 9.17) is 18.9 Å². The Balaban J connectivity index is 1.11. The van der Waals surface area contributed by atoms with Gasteiger partial charge in [-0.2, -0.15) is 0 Å². The Labute approximate surface area is 341 Å². The topological polar surface area (TPSA) is 121 Å². The van der Waals surface area contributed by atoms with Gasteiger partial charge >= 0.3 is 17.9 Å². The van der Waals surface area contributed by atoms with E-state index in [-0.39, 0.29) is 52.9 Å². The van der Waals surface area contributed by atoms with Gasteiger partial charge in [0.25, 0.3) is 0 Å². The zero-order valence-corrected chi connectivity index (χ0v) is 33.6. The maximum absolute atomic E-state index is 15.2. The van der Waals surface area contributed by atoms with Crippen LogP contribution in [0.5, 0.6) is 11.5 Å². The first kappa shape index (κ1) is 34.5. The highest BCUT2D eigenvalue weighted by Crippen LogP contribution is 2.75. The number of phenolic OH excluding ortho intramolecular Hbond substituents is 1. The van der Waals surface area contributed by atoms with E-state index in [0.717, 1.165) is 41.2 Å². The first-order valence-electron chi connectivity index (χ1n) is 21.2. The zero-order chi connectivity index (χ0) is 40.1. The standard InChI is InChI=1S/C47H46N4O8/c1-5-24-22-48-18-16-45-29-12-8-10-14-33(29)50-37(42(54)56-3)26(24)19-34(48)46(45,50)58-40-31(45)21-30-36(39(40)52)41(53)59-47-35-20-27-25(6-2)23-49(35)17-15-44(30,47)28-11-7-9-13-32(28)51(47)38(27)43(55)57-4/h5-14,21,26-27,34-35,37-38,52H,15-20,22-23H2,1-4H3/b24-5-,25-6-/t26-,27-,34-,35-,37-,38-,44+,45+,46-,47-/m0/s1. The minimum Gasteiger partial charge on any atom is -0.504 e. The highest BCUT2D eigenvalue weighted by atomic mass is 16.6. The molecule has 3 aromatic carbocycles. The van der Waals surface area contributed by atoms with Gasteiger partial charge in [-0.05, 0) is 74.4 Å². The SMILES string of the molecule is C/C=C1/CN2CC[C@]34c5ccccc5N5[C@H](C(=O)OC)[C@H]1C[C@H]2[C@@]53Oc1c4cc2c(c1O)C(=O)O[C@@]13[C@@H]4C[C@H]5/C(=C\C)CN4CC[C@@]21c1ccccc1N3[C@@H]5C(=O)OC. The van der Waals surface area contributed by atoms with Crippen LogP contribution in [0, 0.1) is 11.8 Å². The van der Waals surface area contributed by atoms with Crippen LogP contribution >= 0.6 is 0 Å². The zero-order valence-electron chi connectivity index (χ0n) is 33.6. The molecule has 12 nitrogen and oxygen atoms in total. The number of fused-ring (bicyclic) bond motifs is 8. The summed E-state index contributed by atoms with van der Waals surface area (Å²) in [4.78, 5) is 52.9.